The molecule has 88 valence electrons. The highest BCUT2D eigenvalue weighted by atomic mass is 15.3. The van der Waals surface area contributed by atoms with E-state index < -0.39 is 0 Å². The first-order valence-electron chi connectivity index (χ1n) is 6.04. The minimum absolute atomic E-state index is 0.576. The van der Waals surface area contributed by atoms with Crippen molar-refractivity contribution in [2.45, 2.75) is 25.8 Å². The molecule has 4 nitrogen and oxygen atoms in total. The molecule has 1 saturated carbocycles. The van der Waals surface area contributed by atoms with Crippen molar-refractivity contribution in [3.63, 3.8) is 0 Å². The van der Waals surface area contributed by atoms with Gasteiger partial charge in [-0.3, -0.25) is 0 Å². The molecule has 0 aliphatic heterocycles. The van der Waals surface area contributed by atoms with Crippen molar-refractivity contribution in [3.8, 4) is 5.69 Å². The zero-order valence-electron chi connectivity index (χ0n) is 9.87. The van der Waals surface area contributed by atoms with E-state index in [0.29, 0.717) is 6.04 Å². The number of benzene rings is 1. The predicted octanol–water partition coefficient (Wildman–Crippen LogP) is 2.48. The van der Waals surface area contributed by atoms with Crippen LogP contribution in [0.5, 0.6) is 0 Å². The number of hydrogen-bond acceptors (Lipinski definition) is 3. The third-order valence-corrected chi connectivity index (χ3v) is 3.27. The largest absolute Gasteiger partial charge is 0.382 e. The Labute approximate surface area is 101 Å². The lowest BCUT2D eigenvalue weighted by Crippen LogP contribution is -2.17. The second kappa shape index (κ2) is 4.20. The van der Waals surface area contributed by atoms with Crippen LogP contribution >= 0.6 is 0 Å². The third-order valence-electron chi connectivity index (χ3n) is 3.27. The van der Waals surface area contributed by atoms with Gasteiger partial charge in [-0.25, -0.2) is 9.67 Å². The van der Waals surface area contributed by atoms with Gasteiger partial charge >= 0.3 is 0 Å². The SMILES string of the molecule is CC(Nc1ccc(-n2cncn2)cc1)C1CC1. The first-order valence-corrected chi connectivity index (χ1v) is 6.04. The normalized spacial score (nSPS) is 16.8. The highest BCUT2D eigenvalue weighted by Crippen LogP contribution is 2.33. The van der Waals surface area contributed by atoms with Crippen LogP contribution in [0.1, 0.15) is 19.8 Å². The Hall–Kier alpha value is -1.84. The molecule has 0 saturated heterocycles. The lowest BCUT2D eigenvalue weighted by molar-refractivity contribution is 0.694. The summed E-state index contributed by atoms with van der Waals surface area (Å²) in [5.41, 5.74) is 2.21. The van der Waals surface area contributed by atoms with E-state index in [4.69, 9.17) is 0 Å². The van der Waals surface area contributed by atoms with E-state index in [-0.39, 0.29) is 0 Å². The number of nitrogens with zero attached hydrogens (tertiary/aromatic N) is 3. The number of aromatic nitrogens is 3. The van der Waals surface area contributed by atoms with Crippen molar-refractivity contribution < 1.29 is 0 Å². The molecule has 0 radical (unpaired) electrons. The summed E-state index contributed by atoms with van der Waals surface area (Å²) < 4.78 is 1.76. The van der Waals surface area contributed by atoms with Gasteiger partial charge in [0.2, 0.25) is 0 Å². The first kappa shape index (κ1) is 10.3. The van der Waals surface area contributed by atoms with Gasteiger partial charge < -0.3 is 5.32 Å². The van der Waals surface area contributed by atoms with E-state index in [9.17, 15) is 0 Å². The number of anilines is 1. The van der Waals surface area contributed by atoms with Crippen molar-refractivity contribution in [2.75, 3.05) is 5.32 Å². The lowest BCUT2D eigenvalue weighted by Gasteiger charge is -2.14. The minimum atomic E-state index is 0.576. The first-order chi connectivity index (χ1) is 8.33. The maximum Gasteiger partial charge on any atom is 0.138 e. The highest BCUT2D eigenvalue weighted by Gasteiger charge is 2.27. The third kappa shape index (κ3) is 2.30. The van der Waals surface area contributed by atoms with E-state index >= 15 is 0 Å². The van der Waals surface area contributed by atoms with Crippen molar-refractivity contribution in [1.82, 2.24) is 14.8 Å². The zero-order valence-corrected chi connectivity index (χ0v) is 9.87. The molecule has 0 spiro atoms. The van der Waals surface area contributed by atoms with Crippen LogP contribution in [0.15, 0.2) is 36.9 Å². The molecule has 1 aliphatic carbocycles. The summed E-state index contributed by atoms with van der Waals surface area (Å²) in [4.78, 5) is 3.94. The van der Waals surface area contributed by atoms with Crippen molar-refractivity contribution in [1.29, 1.82) is 0 Å². The minimum Gasteiger partial charge on any atom is -0.382 e. The fourth-order valence-corrected chi connectivity index (χ4v) is 2.03. The quantitative estimate of drug-likeness (QED) is 0.874. The number of hydrogen-bond donors (Lipinski definition) is 1. The van der Waals surface area contributed by atoms with E-state index in [1.54, 1.807) is 17.3 Å². The molecule has 17 heavy (non-hydrogen) atoms. The summed E-state index contributed by atoms with van der Waals surface area (Å²) in [5, 5.41) is 7.63. The Kier molecular flexibility index (Phi) is 2.55. The second-order valence-corrected chi connectivity index (χ2v) is 4.66. The van der Waals surface area contributed by atoms with Gasteiger partial charge in [-0.15, -0.1) is 0 Å². The number of nitrogens with one attached hydrogen (secondary N) is 1. The average molecular weight is 228 g/mol. The van der Waals surface area contributed by atoms with Crippen LogP contribution in [0.3, 0.4) is 0 Å². The Morgan fingerprint density at radius 3 is 2.65 bits per heavy atom. The van der Waals surface area contributed by atoms with Gasteiger partial charge in [0.1, 0.15) is 12.7 Å². The molecule has 1 fully saturated rings. The van der Waals surface area contributed by atoms with Crippen molar-refractivity contribution >= 4 is 5.69 Å². The molecule has 1 aliphatic rings. The molecule has 1 atom stereocenters. The van der Waals surface area contributed by atoms with Crippen LogP contribution in [0, 0.1) is 5.92 Å². The van der Waals surface area contributed by atoms with Gasteiger partial charge in [-0.05, 0) is 49.9 Å². The zero-order chi connectivity index (χ0) is 11.7. The van der Waals surface area contributed by atoms with E-state index in [1.807, 2.05) is 0 Å². The molecule has 0 amide bonds. The highest BCUT2D eigenvalue weighted by molar-refractivity contribution is 5.49. The topological polar surface area (TPSA) is 42.7 Å². The fraction of sp³-hybridized carbons (Fsp3) is 0.385. The summed E-state index contributed by atoms with van der Waals surface area (Å²) in [6.07, 6.45) is 5.98. The Bertz CT molecular complexity index is 471. The van der Waals surface area contributed by atoms with Gasteiger partial charge in [0.15, 0.2) is 0 Å². The molecular formula is C13H16N4. The van der Waals surface area contributed by atoms with Gasteiger partial charge in [0.05, 0.1) is 5.69 Å². The molecular weight excluding hydrogens is 212 g/mol. The van der Waals surface area contributed by atoms with E-state index in [0.717, 1.165) is 11.6 Å². The number of rotatable bonds is 4. The summed E-state index contributed by atoms with van der Waals surface area (Å²) in [7, 11) is 0. The molecule has 1 unspecified atom stereocenters. The van der Waals surface area contributed by atoms with Crippen LogP contribution in [-0.4, -0.2) is 20.8 Å². The molecule has 1 aromatic carbocycles. The van der Waals surface area contributed by atoms with Gasteiger partial charge in [0.25, 0.3) is 0 Å². The molecule has 1 heterocycles. The van der Waals surface area contributed by atoms with Crippen LogP contribution < -0.4 is 5.32 Å². The Balaban J connectivity index is 1.71. The molecule has 1 N–H and O–H groups in total. The molecule has 4 heteroatoms. The Morgan fingerprint density at radius 1 is 1.29 bits per heavy atom. The van der Waals surface area contributed by atoms with Gasteiger partial charge in [-0.2, -0.15) is 5.10 Å². The summed E-state index contributed by atoms with van der Waals surface area (Å²) in [6, 6.07) is 8.87. The molecule has 0 bridgehead atoms. The van der Waals surface area contributed by atoms with Crippen molar-refractivity contribution in [2.24, 2.45) is 5.92 Å². The Morgan fingerprint density at radius 2 is 2.06 bits per heavy atom. The monoisotopic (exact) mass is 228 g/mol. The maximum atomic E-state index is 4.10. The van der Waals surface area contributed by atoms with Crippen LogP contribution in [-0.2, 0) is 0 Å². The molecule has 1 aromatic heterocycles. The lowest BCUT2D eigenvalue weighted by atomic mass is 10.2. The molecule has 3 rings (SSSR count). The van der Waals surface area contributed by atoms with E-state index in [1.165, 1.54) is 18.5 Å². The van der Waals surface area contributed by atoms with Crippen LogP contribution in [0.25, 0.3) is 5.69 Å². The van der Waals surface area contributed by atoms with Crippen molar-refractivity contribution in [3.05, 3.63) is 36.9 Å². The van der Waals surface area contributed by atoms with Crippen LogP contribution in [0.4, 0.5) is 5.69 Å². The van der Waals surface area contributed by atoms with E-state index in [2.05, 4.69) is 46.6 Å². The summed E-state index contributed by atoms with van der Waals surface area (Å²) in [5.74, 6) is 0.866. The smallest absolute Gasteiger partial charge is 0.138 e. The van der Waals surface area contributed by atoms with Crippen LogP contribution in [0.2, 0.25) is 0 Å². The molecule has 2 aromatic rings. The average Bonchev–Trinajstić information content (AvgIpc) is 3.07. The summed E-state index contributed by atoms with van der Waals surface area (Å²) in [6.45, 7) is 2.25. The van der Waals surface area contributed by atoms with Gasteiger partial charge in [0, 0.05) is 11.7 Å². The standard InChI is InChI=1S/C13H16N4/c1-10(11-2-3-11)16-12-4-6-13(7-5-12)17-9-14-8-15-17/h4-11,16H,2-3H2,1H3. The maximum absolute atomic E-state index is 4.10. The fourth-order valence-electron chi connectivity index (χ4n) is 2.03. The second-order valence-electron chi connectivity index (χ2n) is 4.66. The van der Waals surface area contributed by atoms with Gasteiger partial charge in [-0.1, -0.05) is 0 Å². The predicted molar refractivity (Wildman–Crippen MR) is 67.2 cm³/mol. The summed E-state index contributed by atoms with van der Waals surface area (Å²) >= 11 is 0.